The lowest BCUT2D eigenvalue weighted by molar-refractivity contribution is 1.07. The second-order valence-corrected chi connectivity index (χ2v) is 13.7. The van der Waals surface area contributed by atoms with Crippen molar-refractivity contribution in [3.8, 4) is 67.5 Å². The molecule has 252 valence electrons. The molecule has 1 aromatic heterocycles. The van der Waals surface area contributed by atoms with Crippen LogP contribution in [0.15, 0.2) is 200 Å². The van der Waals surface area contributed by atoms with Crippen molar-refractivity contribution in [3.05, 3.63) is 200 Å². The topological polar surface area (TPSA) is 38.7 Å². The molecular weight excluding hydrogens is 655 g/mol. The van der Waals surface area contributed by atoms with E-state index in [1.165, 1.54) is 43.6 Å². The third kappa shape index (κ3) is 5.88. The van der Waals surface area contributed by atoms with Crippen LogP contribution in [0.5, 0.6) is 0 Å². The van der Waals surface area contributed by atoms with E-state index in [4.69, 9.17) is 15.0 Å². The maximum absolute atomic E-state index is 5.15. The number of benzene rings is 9. The summed E-state index contributed by atoms with van der Waals surface area (Å²) in [5.74, 6) is 1.91. The Morgan fingerprint density at radius 3 is 1.26 bits per heavy atom. The molecule has 9 aromatic carbocycles. The van der Waals surface area contributed by atoms with E-state index in [1.807, 2.05) is 0 Å². The van der Waals surface area contributed by atoms with Gasteiger partial charge < -0.3 is 0 Å². The Morgan fingerprint density at radius 1 is 0.222 bits per heavy atom. The van der Waals surface area contributed by atoms with Crippen LogP contribution >= 0.6 is 0 Å². The maximum atomic E-state index is 5.15. The van der Waals surface area contributed by atoms with Crippen LogP contribution in [0, 0.1) is 0 Å². The summed E-state index contributed by atoms with van der Waals surface area (Å²) in [6, 6.07) is 70.7. The van der Waals surface area contributed by atoms with Gasteiger partial charge in [-0.05, 0) is 83.9 Å². The van der Waals surface area contributed by atoms with Crippen molar-refractivity contribution in [1.29, 1.82) is 0 Å². The van der Waals surface area contributed by atoms with Crippen LogP contribution in [0.25, 0.3) is 99.9 Å². The Labute approximate surface area is 313 Å². The van der Waals surface area contributed by atoms with E-state index in [9.17, 15) is 0 Å². The summed E-state index contributed by atoms with van der Waals surface area (Å²) in [5.41, 5.74) is 9.77. The van der Waals surface area contributed by atoms with Crippen LogP contribution in [0.4, 0.5) is 0 Å². The van der Waals surface area contributed by atoms with Crippen LogP contribution in [0.3, 0.4) is 0 Å². The smallest absolute Gasteiger partial charge is 0.164 e. The molecule has 0 aliphatic carbocycles. The van der Waals surface area contributed by atoms with Gasteiger partial charge in [0.05, 0.1) is 0 Å². The van der Waals surface area contributed by atoms with E-state index in [2.05, 4.69) is 200 Å². The molecule has 3 nitrogen and oxygen atoms in total. The minimum Gasteiger partial charge on any atom is -0.208 e. The van der Waals surface area contributed by atoms with Crippen LogP contribution in [-0.2, 0) is 0 Å². The summed E-state index contributed by atoms with van der Waals surface area (Å²) in [6.45, 7) is 0. The highest BCUT2D eigenvalue weighted by atomic mass is 15.0. The first kappa shape index (κ1) is 31.5. The van der Waals surface area contributed by atoms with Gasteiger partial charge in [0.15, 0.2) is 17.5 Å². The van der Waals surface area contributed by atoms with Crippen molar-refractivity contribution in [2.75, 3.05) is 0 Å². The maximum Gasteiger partial charge on any atom is 0.164 e. The lowest BCUT2D eigenvalue weighted by atomic mass is 9.96. The van der Waals surface area contributed by atoms with Gasteiger partial charge in [0.1, 0.15) is 0 Å². The molecule has 3 heteroatoms. The van der Waals surface area contributed by atoms with Gasteiger partial charge in [0.25, 0.3) is 0 Å². The molecule has 0 aliphatic rings. The van der Waals surface area contributed by atoms with Gasteiger partial charge in [0.2, 0.25) is 0 Å². The normalized spacial score (nSPS) is 11.3. The highest BCUT2D eigenvalue weighted by Crippen LogP contribution is 2.35. The molecule has 0 saturated heterocycles. The van der Waals surface area contributed by atoms with Crippen molar-refractivity contribution in [2.45, 2.75) is 0 Å². The van der Waals surface area contributed by atoms with Gasteiger partial charge in [-0.1, -0.05) is 182 Å². The molecule has 10 aromatic rings. The second-order valence-electron chi connectivity index (χ2n) is 13.7. The monoisotopic (exact) mass is 687 g/mol. The number of hydrogen-bond donors (Lipinski definition) is 0. The third-order valence-corrected chi connectivity index (χ3v) is 10.3. The van der Waals surface area contributed by atoms with Crippen molar-refractivity contribution in [3.63, 3.8) is 0 Å². The van der Waals surface area contributed by atoms with Gasteiger partial charge in [0, 0.05) is 16.7 Å². The standard InChI is InChI=1S/C51H33N3/c1-2-14-39-32-44(30-27-34(39)11-1)51-53-49(52-50(54-51)43-20-8-18-41(33-43)48-24-10-16-37-13-4-6-22-46(37)48)42-19-7-17-40(31-42)35-25-28-38(29-26-35)47-23-9-15-36-12-3-5-21-45(36)47/h1-33H. The number of rotatable bonds is 6. The van der Waals surface area contributed by atoms with Crippen molar-refractivity contribution >= 4 is 32.3 Å². The summed E-state index contributed by atoms with van der Waals surface area (Å²) >= 11 is 0. The largest absolute Gasteiger partial charge is 0.208 e. The second kappa shape index (κ2) is 13.4. The first-order valence-electron chi connectivity index (χ1n) is 18.3. The SMILES string of the molecule is c1cc(-c2ccc(-c3cccc4ccccc34)cc2)cc(-c2nc(-c3cccc(-c4cccc5ccccc45)c3)nc(-c3ccc4ccccc4c3)n2)c1. The number of fused-ring (bicyclic) bond motifs is 3. The predicted octanol–water partition coefficient (Wildman–Crippen LogP) is 13.3. The van der Waals surface area contributed by atoms with Crippen molar-refractivity contribution in [1.82, 2.24) is 15.0 Å². The summed E-state index contributed by atoms with van der Waals surface area (Å²) < 4.78 is 0. The van der Waals surface area contributed by atoms with E-state index >= 15 is 0 Å². The highest BCUT2D eigenvalue weighted by molar-refractivity contribution is 5.98. The summed E-state index contributed by atoms with van der Waals surface area (Å²) in [6.07, 6.45) is 0. The van der Waals surface area contributed by atoms with Gasteiger partial charge in [-0.15, -0.1) is 0 Å². The first-order valence-corrected chi connectivity index (χ1v) is 18.3. The fourth-order valence-corrected chi connectivity index (χ4v) is 7.55. The predicted molar refractivity (Wildman–Crippen MR) is 225 cm³/mol. The number of hydrogen-bond acceptors (Lipinski definition) is 3. The molecule has 0 atom stereocenters. The zero-order valence-corrected chi connectivity index (χ0v) is 29.4. The Hall–Kier alpha value is -7.23. The van der Waals surface area contributed by atoms with Gasteiger partial charge >= 0.3 is 0 Å². The lowest BCUT2D eigenvalue weighted by Crippen LogP contribution is -2.00. The molecule has 0 unspecified atom stereocenters. The summed E-state index contributed by atoms with van der Waals surface area (Å²) in [7, 11) is 0. The van der Waals surface area contributed by atoms with E-state index in [0.29, 0.717) is 17.5 Å². The number of aromatic nitrogens is 3. The molecule has 0 amide bonds. The molecular formula is C51H33N3. The fraction of sp³-hybridized carbons (Fsp3) is 0. The Morgan fingerprint density at radius 2 is 0.630 bits per heavy atom. The first-order chi connectivity index (χ1) is 26.7. The van der Waals surface area contributed by atoms with E-state index in [-0.39, 0.29) is 0 Å². The average Bonchev–Trinajstić information content (AvgIpc) is 3.26. The minimum absolute atomic E-state index is 0.632. The zero-order valence-electron chi connectivity index (χ0n) is 29.4. The molecule has 0 bridgehead atoms. The molecule has 0 saturated carbocycles. The van der Waals surface area contributed by atoms with Crippen LogP contribution < -0.4 is 0 Å². The van der Waals surface area contributed by atoms with Crippen molar-refractivity contribution < 1.29 is 0 Å². The van der Waals surface area contributed by atoms with Crippen LogP contribution in [0.2, 0.25) is 0 Å². The number of nitrogens with zero attached hydrogens (tertiary/aromatic N) is 3. The van der Waals surface area contributed by atoms with Gasteiger partial charge in [-0.2, -0.15) is 0 Å². The summed E-state index contributed by atoms with van der Waals surface area (Å²) in [4.78, 5) is 15.4. The minimum atomic E-state index is 0.632. The molecule has 0 aliphatic heterocycles. The zero-order chi connectivity index (χ0) is 35.8. The van der Waals surface area contributed by atoms with E-state index in [0.717, 1.165) is 38.8 Å². The molecule has 0 spiro atoms. The average molecular weight is 688 g/mol. The summed E-state index contributed by atoms with van der Waals surface area (Å²) in [5, 5.41) is 7.25. The van der Waals surface area contributed by atoms with E-state index in [1.54, 1.807) is 0 Å². The van der Waals surface area contributed by atoms with Crippen LogP contribution in [-0.4, -0.2) is 15.0 Å². The molecule has 54 heavy (non-hydrogen) atoms. The van der Waals surface area contributed by atoms with E-state index < -0.39 is 0 Å². The molecule has 0 N–H and O–H groups in total. The molecule has 0 fully saturated rings. The Balaban J connectivity index is 1.07. The van der Waals surface area contributed by atoms with Crippen LogP contribution in [0.1, 0.15) is 0 Å². The Kier molecular flexibility index (Phi) is 7.81. The molecule has 0 radical (unpaired) electrons. The van der Waals surface area contributed by atoms with Gasteiger partial charge in [-0.25, -0.2) is 15.0 Å². The quantitative estimate of drug-likeness (QED) is 0.175. The molecule has 10 rings (SSSR count). The third-order valence-electron chi connectivity index (χ3n) is 10.3. The van der Waals surface area contributed by atoms with Gasteiger partial charge in [-0.3, -0.25) is 0 Å². The fourth-order valence-electron chi connectivity index (χ4n) is 7.55. The molecule has 1 heterocycles. The Bertz CT molecular complexity index is 2990. The lowest BCUT2D eigenvalue weighted by Gasteiger charge is -2.12. The highest BCUT2D eigenvalue weighted by Gasteiger charge is 2.15. The van der Waals surface area contributed by atoms with Crippen molar-refractivity contribution in [2.24, 2.45) is 0 Å².